The maximum atomic E-state index is 11.9. The third-order valence-corrected chi connectivity index (χ3v) is 3.71. The fourth-order valence-electron chi connectivity index (χ4n) is 2.35. The van der Waals surface area contributed by atoms with Gasteiger partial charge in [-0.2, -0.15) is 0 Å². The van der Waals surface area contributed by atoms with E-state index in [1.807, 2.05) is 44.2 Å². The summed E-state index contributed by atoms with van der Waals surface area (Å²) < 4.78 is 10.8. The van der Waals surface area contributed by atoms with Crippen molar-refractivity contribution in [2.75, 3.05) is 32.8 Å². The van der Waals surface area contributed by atoms with Gasteiger partial charge in [-0.1, -0.05) is 18.2 Å². The molecule has 7 nitrogen and oxygen atoms in total. The van der Waals surface area contributed by atoms with Crippen molar-refractivity contribution in [2.24, 2.45) is 4.99 Å². The van der Waals surface area contributed by atoms with Crippen LogP contribution in [0.15, 0.2) is 52.1 Å². The standard InChI is InChI=1S/C20H28N4O3.HI/c1-3-21-20(24-13-15-26-17-8-5-4-6-9-17)23-12-7-11-22-19(25)18-16(2)10-14-27-18;/h4-6,8-10,14H,3,7,11-13,15H2,1-2H3,(H,22,25)(H2,21,23,24);1H. The van der Waals surface area contributed by atoms with Gasteiger partial charge in [-0.15, -0.1) is 24.0 Å². The first-order valence-electron chi connectivity index (χ1n) is 9.23. The van der Waals surface area contributed by atoms with Crippen molar-refractivity contribution in [2.45, 2.75) is 20.3 Å². The molecule has 1 amide bonds. The molecule has 0 fully saturated rings. The minimum Gasteiger partial charge on any atom is -0.492 e. The Kier molecular flexibility index (Phi) is 11.8. The summed E-state index contributed by atoms with van der Waals surface area (Å²) in [6.07, 6.45) is 2.26. The minimum absolute atomic E-state index is 0. The van der Waals surface area contributed by atoms with Crippen molar-refractivity contribution < 1.29 is 13.9 Å². The number of aliphatic imine (C=N–C) groups is 1. The molecule has 0 saturated carbocycles. The second-order valence-corrected chi connectivity index (χ2v) is 5.89. The van der Waals surface area contributed by atoms with Crippen LogP contribution in [0.2, 0.25) is 0 Å². The van der Waals surface area contributed by atoms with E-state index < -0.39 is 0 Å². The van der Waals surface area contributed by atoms with Crippen LogP contribution in [0.5, 0.6) is 5.75 Å². The lowest BCUT2D eigenvalue weighted by Crippen LogP contribution is -2.39. The van der Waals surface area contributed by atoms with Gasteiger partial charge in [0.2, 0.25) is 0 Å². The summed E-state index contributed by atoms with van der Waals surface area (Å²) in [5.74, 6) is 1.77. The summed E-state index contributed by atoms with van der Waals surface area (Å²) in [6.45, 7) is 6.98. The van der Waals surface area contributed by atoms with E-state index in [4.69, 9.17) is 9.15 Å². The van der Waals surface area contributed by atoms with Crippen molar-refractivity contribution in [3.8, 4) is 5.75 Å². The van der Waals surface area contributed by atoms with E-state index >= 15 is 0 Å². The van der Waals surface area contributed by atoms with Gasteiger partial charge in [0, 0.05) is 25.2 Å². The topological polar surface area (TPSA) is 87.9 Å². The molecule has 0 unspecified atom stereocenters. The second-order valence-electron chi connectivity index (χ2n) is 5.89. The summed E-state index contributed by atoms with van der Waals surface area (Å²) >= 11 is 0. The quantitative estimate of drug-likeness (QED) is 0.202. The van der Waals surface area contributed by atoms with E-state index in [0.717, 1.165) is 30.2 Å². The number of rotatable bonds is 10. The highest BCUT2D eigenvalue weighted by Gasteiger charge is 2.11. The van der Waals surface area contributed by atoms with Crippen LogP contribution in [0, 0.1) is 6.92 Å². The number of carbonyl (C=O) groups excluding carboxylic acids is 1. The third-order valence-electron chi connectivity index (χ3n) is 3.71. The summed E-state index contributed by atoms with van der Waals surface area (Å²) in [5.41, 5.74) is 0.835. The lowest BCUT2D eigenvalue weighted by Gasteiger charge is -2.12. The van der Waals surface area contributed by atoms with Crippen molar-refractivity contribution in [3.05, 3.63) is 54.0 Å². The fraction of sp³-hybridized carbons (Fsp3) is 0.400. The molecule has 3 N–H and O–H groups in total. The Morgan fingerprint density at radius 2 is 1.89 bits per heavy atom. The van der Waals surface area contributed by atoms with Crippen molar-refractivity contribution in [1.82, 2.24) is 16.0 Å². The van der Waals surface area contributed by atoms with Gasteiger partial charge in [0.25, 0.3) is 5.91 Å². The van der Waals surface area contributed by atoms with Crippen LogP contribution in [0.25, 0.3) is 0 Å². The molecule has 1 heterocycles. The Morgan fingerprint density at radius 3 is 2.57 bits per heavy atom. The molecule has 0 radical (unpaired) electrons. The highest BCUT2D eigenvalue weighted by molar-refractivity contribution is 14.0. The Labute approximate surface area is 183 Å². The first-order valence-corrected chi connectivity index (χ1v) is 9.23. The summed E-state index contributed by atoms with van der Waals surface area (Å²) in [4.78, 5) is 16.4. The number of aryl methyl sites for hydroxylation is 1. The van der Waals surface area contributed by atoms with Crippen LogP contribution in [0.1, 0.15) is 29.5 Å². The number of nitrogens with zero attached hydrogens (tertiary/aromatic N) is 1. The SMILES string of the molecule is CCNC(=NCCCNC(=O)c1occc1C)NCCOc1ccccc1.I. The van der Waals surface area contributed by atoms with Gasteiger partial charge in [0.1, 0.15) is 12.4 Å². The number of furan rings is 1. The van der Waals surface area contributed by atoms with Gasteiger partial charge >= 0.3 is 0 Å². The molecule has 0 aliphatic carbocycles. The molecule has 8 heteroatoms. The first-order chi connectivity index (χ1) is 13.2. The molecule has 2 aromatic rings. The highest BCUT2D eigenvalue weighted by atomic mass is 127. The van der Waals surface area contributed by atoms with Gasteiger partial charge in [-0.05, 0) is 38.5 Å². The maximum Gasteiger partial charge on any atom is 0.287 e. The summed E-state index contributed by atoms with van der Waals surface area (Å²) in [7, 11) is 0. The number of carbonyl (C=O) groups is 1. The monoisotopic (exact) mass is 500 g/mol. The number of para-hydroxylation sites is 1. The number of guanidine groups is 1. The second kappa shape index (κ2) is 13.9. The molecule has 28 heavy (non-hydrogen) atoms. The fourth-order valence-corrected chi connectivity index (χ4v) is 2.35. The Hall–Kier alpha value is -2.23. The molecule has 2 rings (SSSR count). The first kappa shape index (κ1) is 23.8. The normalized spacial score (nSPS) is 10.7. The largest absolute Gasteiger partial charge is 0.492 e. The Bertz CT molecular complexity index is 719. The molecule has 0 saturated heterocycles. The van der Waals surface area contributed by atoms with E-state index in [-0.39, 0.29) is 29.9 Å². The van der Waals surface area contributed by atoms with Crippen molar-refractivity contribution in [1.29, 1.82) is 0 Å². The molecule has 0 bridgehead atoms. The molecule has 1 aromatic carbocycles. The summed E-state index contributed by atoms with van der Waals surface area (Å²) in [5, 5.41) is 9.26. The molecule has 1 aromatic heterocycles. The maximum absolute atomic E-state index is 11.9. The van der Waals surface area contributed by atoms with Crippen molar-refractivity contribution in [3.63, 3.8) is 0 Å². The zero-order valence-corrected chi connectivity index (χ0v) is 18.7. The predicted molar refractivity (Wildman–Crippen MR) is 122 cm³/mol. The third kappa shape index (κ3) is 8.64. The van der Waals surface area contributed by atoms with Crippen LogP contribution in [0.3, 0.4) is 0 Å². The number of ether oxygens (including phenoxy) is 1. The number of amides is 1. The lowest BCUT2D eigenvalue weighted by atomic mass is 10.2. The van der Waals surface area contributed by atoms with Gasteiger partial charge in [-0.3, -0.25) is 9.79 Å². The lowest BCUT2D eigenvalue weighted by molar-refractivity contribution is 0.0925. The van der Waals surface area contributed by atoms with Crippen LogP contribution in [-0.2, 0) is 0 Å². The molecule has 0 aliphatic heterocycles. The predicted octanol–water partition coefficient (Wildman–Crippen LogP) is 2.96. The van der Waals surface area contributed by atoms with E-state index in [2.05, 4.69) is 20.9 Å². The van der Waals surface area contributed by atoms with E-state index in [1.165, 1.54) is 6.26 Å². The molecular formula is C20H29IN4O3. The average Bonchev–Trinajstić information content (AvgIpc) is 3.11. The van der Waals surface area contributed by atoms with Gasteiger partial charge in [0.05, 0.1) is 12.8 Å². The minimum atomic E-state index is -0.190. The smallest absolute Gasteiger partial charge is 0.287 e. The molecular weight excluding hydrogens is 471 g/mol. The average molecular weight is 500 g/mol. The van der Waals surface area contributed by atoms with Crippen molar-refractivity contribution >= 4 is 35.8 Å². The van der Waals surface area contributed by atoms with E-state index in [9.17, 15) is 4.79 Å². The van der Waals surface area contributed by atoms with Crippen LogP contribution in [-0.4, -0.2) is 44.7 Å². The van der Waals surface area contributed by atoms with Crippen LogP contribution in [0.4, 0.5) is 0 Å². The van der Waals surface area contributed by atoms with Gasteiger partial charge in [0.15, 0.2) is 11.7 Å². The van der Waals surface area contributed by atoms with Crippen LogP contribution >= 0.6 is 24.0 Å². The highest BCUT2D eigenvalue weighted by Crippen LogP contribution is 2.08. The van der Waals surface area contributed by atoms with E-state index in [0.29, 0.717) is 32.0 Å². The zero-order chi connectivity index (χ0) is 19.3. The number of benzene rings is 1. The van der Waals surface area contributed by atoms with Crippen LogP contribution < -0.4 is 20.7 Å². The molecule has 154 valence electrons. The number of halogens is 1. The summed E-state index contributed by atoms with van der Waals surface area (Å²) in [6, 6.07) is 11.5. The molecule has 0 spiro atoms. The number of hydrogen-bond acceptors (Lipinski definition) is 4. The van der Waals surface area contributed by atoms with E-state index in [1.54, 1.807) is 6.07 Å². The molecule has 0 aliphatic rings. The van der Waals surface area contributed by atoms with Gasteiger partial charge in [-0.25, -0.2) is 0 Å². The van der Waals surface area contributed by atoms with Gasteiger partial charge < -0.3 is 25.1 Å². The zero-order valence-electron chi connectivity index (χ0n) is 16.4. The number of nitrogens with one attached hydrogen (secondary N) is 3. The number of hydrogen-bond donors (Lipinski definition) is 3. The Balaban J connectivity index is 0.00000392. The molecule has 0 atom stereocenters. The Morgan fingerprint density at radius 1 is 1.11 bits per heavy atom.